The summed E-state index contributed by atoms with van der Waals surface area (Å²) < 4.78 is 1.74. The zero-order valence-corrected chi connectivity index (χ0v) is 19.7. The summed E-state index contributed by atoms with van der Waals surface area (Å²) in [4.78, 5) is 39.1. The Morgan fingerprint density at radius 1 is 1.03 bits per heavy atom. The Morgan fingerprint density at radius 3 is 2.64 bits per heavy atom. The van der Waals surface area contributed by atoms with Gasteiger partial charge in [0.05, 0.1) is 22.0 Å². The lowest BCUT2D eigenvalue weighted by Gasteiger charge is -2.12. The van der Waals surface area contributed by atoms with Gasteiger partial charge < -0.3 is 4.98 Å². The van der Waals surface area contributed by atoms with E-state index in [1.807, 2.05) is 60.0 Å². The van der Waals surface area contributed by atoms with Crippen molar-refractivity contribution in [3.8, 4) is 11.1 Å². The van der Waals surface area contributed by atoms with Crippen molar-refractivity contribution in [2.45, 2.75) is 37.2 Å². The predicted molar refractivity (Wildman–Crippen MR) is 136 cm³/mol. The summed E-state index contributed by atoms with van der Waals surface area (Å²) in [6.07, 6.45) is 1.88. The number of thiophene rings is 1. The highest BCUT2D eigenvalue weighted by molar-refractivity contribution is 7.98. The van der Waals surface area contributed by atoms with Gasteiger partial charge in [-0.05, 0) is 24.1 Å². The first kappa shape index (κ1) is 21.6. The molecule has 0 amide bonds. The second kappa shape index (κ2) is 9.33. The predicted octanol–water partition coefficient (Wildman–Crippen LogP) is 5.45. The fraction of sp³-hybridized carbons (Fsp3) is 0.200. The molecule has 0 aliphatic rings. The maximum atomic E-state index is 13.1. The van der Waals surface area contributed by atoms with Gasteiger partial charge in [0.25, 0.3) is 11.1 Å². The maximum Gasteiger partial charge on any atom is 0.262 e. The van der Waals surface area contributed by atoms with Crippen molar-refractivity contribution < 1.29 is 0 Å². The monoisotopic (exact) mass is 474 g/mol. The van der Waals surface area contributed by atoms with Crippen LogP contribution in [-0.4, -0.2) is 19.5 Å². The van der Waals surface area contributed by atoms with Crippen LogP contribution in [0.25, 0.3) is 32.2 Å². The van der Waals surface area contributed by atoms with E-state index in [-0.39, 0.29) is 11.1 Å². The molecular formula is C25H22N4O2S2. The lowest BCUT2D eigenvalue weighted by Crippen LogP contribution is -2.23. The number of unbranched alkanes of at least 4 members (excludes halogenated alkanes) is 1. The molecule has 6 nitrogen and oxygen atoms in total. The molecule has 0 saturated heterocycles. The summed E-state index contributed by atoms with van der Waals surface area (Å²) in [5.74, 6) is 0.990. The minimum Gasteiger partial charge on any atom is -0.309 e. The van der Waals surface area contributed by atoms with Crippen LogP contribution < -0.4 is 11.1 Å². The van der Waals surface area contributed by atoms with E-state index in [1.165, 1.54) is 23.1 Å². The molecule has 0 unspecified atom stereocenters. The Bertz CT molecular complexity index is 1550. The van der Waals surface area contributed by atoms with E-state index in [2.05, 4.69) is 11.9 Å². The van der Waals surface area contributed by atoms with E-state index in [0.717, 1.165) is 24.0 Å². The molecule has 3 aromatic heterocycles. The van der Waals surface area contributed by atoms with Gasteiger partial charge in [0, 0.05) is 17.5 Å². The Balaban J connectivity index is 1.49. The molecule has 0 aliphatic carbocycles. The second-order valence-electron chi connectivity index (χ2n) is 7.72. The summed E-state index contributed by atoms with van der Waals surface area (Å²) in [5.41, 5.74) is 2.40. The largest absolute Gasteiger partial charge is 0.309 e. The minimum absolute atomic E-state index is 0.0285. The Kier molecular flexibility index (Phi) is 6.11. The van der Waals surface area contributed by atoms with Gasteiger partial charge >= 0.3 is 0 Å². The maximum absolute atomic E-state index is 13.1. The Labute approximate surface area is 198 Å². The SMILES string of the molecule is CCCCn1c(SCc2nc3scc(-c4ccccc4)c3c(=O)[nH]2)nc2ccccc2c1=O. The smallest absolute Gasteiger partial charge is 0.262 e. The number of rotatable bonds is 7. The Hall–Kier alpha value is -3.23. The van der Waals surface area contributed by atoms with Gasteiger partial charge in [-0.1, -0.05) is 67.6 Å². The molecule has 0 atom stereocenters. The van der Waals surface area contributed by atoms with E-state index in [4.69, 9.17) is 9.97 Å². The third-order valence-electron chi connectivity index (χ3n) is 5.48. The van der Waals surface area contributed by atoms with Gasteiger partial charge in [-0.15, -0.1) is 11.3 Å². The summed E-state index contributed by atoms with van der Waals surface area (Å²) >= 11 is 2.89. The molecule has 0 bridgehead atoms. The van der Waals surface area contributed by atoms with Crippen LogP contribution in [0.4, 0.5) is 0 Å². The molecule has 0 aliphatic heterocycles. The van der Waals surface area contributed by atoms with E-state index < -0.39 is 0 Å². The molecule has 0 radical (unpaired) electrons. The van der Waals surface area contributed by atoms with Crippen LogP contribution >= 0.6 is 23.1 Å². The Morgan fingerprint density at radius 2 is 1.82 bits per heavy atom. The zero-order chi connectivity index (χ0) is 22.8. The van der Waals surface area contributed by atoms with Gasteiger partial charge in [0.15, 0.2) is 5.16 Å². The van der Waals surface area contributed by atoms with Crippen LogP contribution in [0.1, 0.15) is 25.6 Å². The van der Waals surface area contributed by atoms with Crippen molar-refractivity contribution in [1.29, 1.82) is 0 Å². The van der Waals surface area contributed by atoms with E-state index in [0.29, 0.717) is 44.4 Å². The average molecular weight is 475 g/mol. The molecule has 33 heavy (non-hydrogen) atoms. The third-order valence-corrected chi connectivity index (χ3v) is 7.34. The first-order valence-electron chi connectivity index (χ1n) is 10.8. The molecule has 166 valence electrons. The third kappa shape index (κ3) is 4.24. The molecule has 5 aromatic rings. The fourth-order valence-corrected chi connectivity index (χ4v) is 5.66. The van der Waals surface area contributed by atoms with E-state index in [9.17, 15) is 9.59 Å². The lowest BCUT2D eigenvalue weighted by molar-refractivity contribution is 0.557. The van der Waals surface area contributed by atoms with Gasteiger partial charge in [0.2, 0.25) is 0 Å². The number of nitrogens with one attached hydrogen (secondary N) is 1. The van der Waals surface area contributed by atoms with Crippen LogP contribution in [-0.2, 0) is 12.3 Å². The van der Waals surface area contributed by atoms with Crippen LogP contribution in [0.5, 0.6) is 0 Å². The van der Waals surface area contributed by atoms with Crippen molar-refractivity contribution in [3.05, 3.63) is 86.5 Å². The van der Waals surface area contributed by atoms with Gasteiger partial charge in [-0.3, -0.25) is 14.2 Å². The highest BCUT2D eigenvalue weighted by Gasteiger charge is 2.15. The summed E-state index contributed by atoms with van der Waals surface area (Å²) in [6, 6.07) is 17.3. The number of hydrogen-bond acceptors (Lipinski definition) is 6. The van der Waals surface area contributed by atoms with Crippen LogP contribution in [0.2, 0.25) is 0 Å². The van der Waals surface area contributed by atoms with Crippen molar-refractivity contribution in [3.63, 3.8) is 0 Å². The number of aromatic nitrogens is 4. The highest BCUT2D eigenvalue weighted by Crippen LogP contribution is 2.31. The van der Waals surface area contributed by atoms with Gasteiger partial charge in [-0.25, -0.2) is 9.97 Å². The molecule has 8 heteroatoms. The van der Waals surface area contributed by atoms with Crippen LogP contribution in [0.15, 0.2) is 74.7 Å². The summed E-state index contributed by atoms with van der Waals surface area (Å²) in [5, 5.41) is 3.86. The first-order valence-corrected chi connectivity index (χ1v) is 12.7. The number of aromatic amines is 1. The molecule has 3 heterocycles. The molecular weight excluding hydrogens is 452 g/mol. The topological polar surface area (TPSA) is 80.6 Å². The van der Waals surface area contributed by atoms with E-state index in [1.54, 1.807) is 4.57 Å². The molecule has 1 N–H and O–H groups in total. The minimum atomic E-state index is -0.148. The number of hydrogen-bond donors (Lipinski definition) is 1. The molecule has 5 rings (SSSR count). The van der Waals surface area contributed by atoms with Gasteiger partial charge in [-0.2, -0.15) is 0 Å². The number of benzene rings is 2. The normalized spacial score (nSPS) is 11.4. The number of nitrogens with zero attached hydrogens (tertiary/aromatic N) is 3. The number of H-pyrrole nitrogens is 1. The second-order valence-corrected chi connectivity index (χ2v) is 9.52. The number of para-hydroxylation sites is 1. The zero-order valence-electron chi connectivity index (χ0n) is 18.1. The molecule has 0 spiro atoms. The standard InChI is InChI=1S/C25H22N4O2S2/c1-2-3-13-29-24(31)17-11-7-8-12-19(17)26-25(29)33-15-20-27-22(30)21-18(14-32-23(21)28-20)16-9-5-4-6-10-16/h4-12,14H,2-3,13,15H2,1H3,(H,27,28,30). The number of thioether (sulfide) groups is 1. The lowest BCUT2D eigenvalue weighted by atomic mass is 10.1. The quantitative estimate of drug-likeness (QED) is 0.250. The van der Waals surface area contributed by atoms with Crippen molar-refractivity contribution >= 4 is 44.2 Å². The first-order chi connectivity index (χ1) is 16.2. The van der Waals surface area contributed by atoms with Crippen LogP contribution in [0.3, 0.4) is 0 Å². The molecule has 0 fully saturated rings. The highest BCUT2D eigenvalue weighted by atomic mass is 32.2. The van der Waals surface area contributed by atoms with Gasteiger partial charge in [0.1, 0.15) is 10.7 Å². The van der Waals surface area contributed by atoms with Crippen LogP contribution in [0, 0.1) is 0 Å². The van der Waals surface area contributed by atoms with Crippen molar-refractivity contribution in [2.75, 3.05) is 0 Å². The van der Waals surface area contributed by atoms with Crippen molar-refractivity contribution in [2.24, 2.45) is 0 Å². The van der Waals surface area contributed by atoms with Crippen molar-refractivity contribution in [1.82, 2.24) is 19.5 Å². The molecule has 2 aromatic carbocycles. The number of fused-ring (bicyclic) bond motifs is 2. The molecule has 0 saturated carbocycles. The van der Waals surface area contributed by atoms with E-state index >= 15 is 0 Å². The summed E-state index contributed by atoms with van der Waals surface area (Å²) in [7, 11) is 0. The average Bonchev–Trinajstić information content (AvgIpc) is 3.28. The summed E-state index contributed by atoms with van der Waals surface area (Å²) in [6.45, 7) is 2.71. The fourth-order valence-electron chi connectivity index (χ4n) is 3.80.